The molecule has 0 bridgehead atoms. The van der Waals surface area contributed by atoms with Crippen molar-refractivity contribution in [2.45, 2.75) is 44.2 Å². The maximum atomic E-state index is 9.67. The SMILES string of the molecule is CN(C)CC1CCN(CC(C)(CO)NC2CC2)CC1. The van der Waals surface area contributed by atoms with E-state index in [0.29, 0.717) is 6.04 Å². The Labute approximate surface area is 118 Å². The molecule has 1 saturated heterocycles. The molecule has 1 unspecified atom stereocenters. The van der Waals surface area contributed by atoms with Crippen LogP contribution in [0.15, 0.2) is 0 Å². The Kier molecular flexibility index (Phi) is 5.23. The Balaban J connectivity index is 1.74. The number of piperidine rings is 1. The molecule has 1 aliphatic carbocycles. The van der Waals surface area contributed by atoms with Crippen LogP contribution in [0.5, 0.6) is 0 Å². The number of aliphatic hydroxyl groups excluding tert-OH is 1. The van der Waals surface area contributed by atoms with Crippen LogP contribution in [0.1, 0.15) is 32.6 Å². The smallest absolute Gasteiger partial charge is 0.0623 e. The van der Waals surface area contributed by atoms with Gasteiger partial charge in [-0.2, -0.15) is 0 Å². The summed E-state index contributed by atoms with van der Waals surface area (Å²) in [4.78, 5) is 4.82. The molecule has 0 aromatic rings. The van der Waals surface area contributed by atoms with Gasteiger partial charge in [-0.3, -0.25) is 0 Å². The highest BCUT2D eigenvalue weighted by Crippen LogP contribution is 2.24. The quantitative estimate of drug-likeness (QED) is 0.716. The largest absolute Gasteiger partial charge is 0.394 e. The Bertz CT molecular complexity index is 273. The van der Waals surface area contributed by atoms with Crippen molar-refractivity contribution in [3.63, 3.8) is 0 Å². The maximum absolute atomic E-state index is 9.67. The lowest BCUT2D eigenvalue weighted by Gasteiger charge is -2.39. The molecule has 2 N–H and O–H groups in total. The molecule has 0 aromatic carbocycles. The highest BCUT2D eigenvalue weighted by molar-refractivity contribution is 4.94. The van der Waals surface area contributed by atoms with Gasteiger partial charge >= 0.3 is 0 Å². The summed E-state index contributed by atoms with van der Waals surface area (Å²) < 4.78 is 0. The van der Waals surface area contributed by atoms with Gasteiger partial charge in [0.05, 0.1) is 12.1 Å². The lowest BCUT2D eigenvalue weighted by molar-refractivity contribution is 0.0902. The van der Waals surface area contributed by atoms with E-state index < -0.39 is 0 Å². The van der Waals surface area contributed by atoms with Crippen molar-refractivity contribution in [3.8, 4) is 0 Å². The van der Waals surface area contributed by atoms with Gasteiger partial charge in [-0.1, -0.05) is 0 Å². The van der Waals surface area contributed by atoms with Crippen molar-refractivity contribution in [2.24, 2.45) is 5.92 Å². The van der Waals surface area contributed by atoms with E-state index in [9.17, 15) is 5.11 Å². The van der Waals surface area contributed by atoms with Gasteiger partial charge < -0.3 is 20.2 Å². The zero-order valence-electron chi connectivity index (χ0n) is 12.9. The van der Waals surface area contributed by atoms with E-state index in [1.807, 2.05) is 0 Å². The number of nitrogens with one attached hydrogen (secondary N) is 1. The van der Waals surface area contributed by atoms with Gasteiger partial charge in [0.1, 0.15) is 0 Å². The summed E-state index contributed by atoms with van der Waals surface area (Å²) >= 11 is 0. The van der Waals surface area contributed by atoms with E-state index in [2.05, 4.69) is 36.1 Å². The monoisotopic (exact) mass is 269 g/mol. The molecular weight excluding hydrogens is 238 g/mol. The minimum absolute atomic E-state index is 0.116. The van der Waals surface area contributed by atoms with E-state index in [4.69, 9.17) is 0 Å². The van der Waals surface area contributed by atoms with Gasteiger partial charge in [0.15, 0.2) is 0 Å². The second kappa shape index (κ2) is 6.53. The predicted octanol–water partition coefficient (Wildman–Crippen LogP) is 0.763. The summed E-state index contributed by atoms with van der Waals surface area (Å²) in [6.45, 7) is 6.96. The number of aliphatic hydroxyl groups is 1. The number of hydrogen-bond acceptors (Lipinski definition) is 4. The van der Waals surface area contributed by atoms with Crippen molar-refractivity contribution < 1.29 is 5.11 Å². The first kappa shape index (κ1) is 15.2. The van der Waals surface area contributed by atoms with Gasteiger partial charge in [-0.05, 0) is 65.7 Å². The van der Waals surface area contributed by atoms with E-state index in [0.717, 1.165) is 12.5 Å². The van der Waals surface area contributed by atoms with Gasteiger partial charge in [-0.25, -0.2) is 0 Å². The first-order valence-corrected chi connectivity index (χ1v) is 7.76. The Morgan fingerprint density at radius 3 is 2.32 bits per heavy atom. The average Bonchev–Trinajstić information content (AvgIpc) is 3.15. The summed E-state index contributed by atoms with van der Waals surface area (Å²) in [5, 5.41) is 13.3. The Morgan fingerprint density at radius 2 is 1.84 bits per heavy atom. The summed E-state index contributed by atoms with van der Waals surface area (Å²) in [6.07, 6.45) is 5.15. The molecule has 2 rings (SSSR count). The average molecular weight is 269 g/mol. The fourth-order valence-corrected chi connectivity index (χ4v) is 3.20. The van der Waals surface area contributed by atoms with E-state index >= 15 is 0 Å². The lowest BCUT2D eigenvalue weighted by Crippen LogP contribution is -2.56. The number of nitrogens with zero attached hydrogens (tertiary/aromatic N) is 2. The lowest BCUT2D eigenvalue weighted by atomic mass is 9.94. The zero-order valence-corrected chi connectivity index (χ0v) is 12.9. The predicted molar refractivity (Wildman–Crippen MR) is 79.4 cm³/mol. The normalized spacial score (nSPS) is 25.7. The molecule has 0 amide bonds. The highest BCUT2D eigenvalue weighted by atomic mass is 16.3. The molecule has 0 spiro atoms. The summed E-state index contributed by atoms with van der Waals surface area (Å²) in [6, 6.07) is 0.656. The van der Waals surface area contributed by atoms with Gasteiger partial charge in [0.2, 0.25) is 0 Å². The van der Waals surface area contributed by atoms with Crippen LogP contribution in [-0.2, 0) is 0 Å². The van der Waals surface area contributed by atoms with Crippen molar-refractivity contribution in [1.82, 2.24) is 15.1 Å². The van der Waals surface area contributed by atoms with Crippen LogP contribution in [0.25, 0.3) is 0 Å². The molecule has 19 heavy (non-hydrogen) atoms. The molecule has 1 saturated carbocycles. The molecule has 2 aliphatic rings. The third kappa shape index (κ3) is 5.03. The van der Waals surface area contributed by atoms with Crippen molar-refractivity contribution in [3.05, 3.63) is 0 Å². The van der Waals surface area contributed by atoms with E-state index in [1.165, 1.54) is 45.3 Å². The third-order valence-electron chi connectivity index (χ3n) is 4.38. The van der Waals surface area contributed by atoms with Crippen LogP contribution in [0.3, 0.4) is 0 Å². The molecule has 4 heteroatoms. The molecule has 112 valence electrons. The molecule has 4 nitrogen and oxygen atoms in total. The summed E-state index contributed by atoms with van der Waals surface area (Å²) in [5.74, 6) is 0.850. The van der Waals surface area contributed by atoms with Gasteiger partial charge in [0, 0.05) is 19.1 Å². The van der Waals surface area contributed by atoms with Crippen LogP contribution >= 0.6 is 0 Å². The summed E-state index contributed by atoms with van der Waals surface area (Å²) in [7, 11) is 4.32. The second-order valence-electron chi connectivity index (χ2n) is 7.12. The Hall–Kier alpha value is -0.160. The molecule has 1 atom stereocenters. The minimum Gasteiger partial charge on any atom is -0.394 e. The highest BCUT2D eigenvalue weighted by Gasteiger charge is 2.34. The fraction of sp³-hybridized carbons (Fsp3) is 1.00. The second-order valence-corrected chi connectivity index (χ2v) is 7.12. The fourth-order valence-electron chi connectivity index (χ4n) is 3.20. The molecule has 2 fully saturated rings. The van der Waals surface area contributed by atoms with Gasteiger partial charge in [0.25, 0.3) is 0 Å². The van der Waals surface area contributed by atoms with E-state index in [1.54, 1.807) is 0 Å². The first-order chi connectivity index (χ1) is 9.00. The Morgan fingerprint density at radius 1 is 1.21 bits per heavy atom. The zero-order chi connectivity index (χ0) is 13.9. The van der Waals surface area contributed by atoms with Crippen LogP contribution in [0.4, 0.5) is 0 Å². The molecule has 1 heterocycles. The number of likely N-dealkylation sites (tertiary alicyclic amines) is 1. The van der Waals surface area contributed by atoms with E-state index in [-0.39, 0.29) is 12.1 Å². The third-order valence-corrected chi connectivity index (χ3v) is 4.38. The van der Waals surface area contributed by atoms with Crippen molar-refractivity contribution in [2.75, 3.05) is 46.9 Å². The molecule has 0 aromatic heterocycles. The van der Waals surface area contributed by atoms with Crippen LogP contribution in [0, 0.1) is 5.92 Å². The van der Waals surface area contributed by atoms with Gasteiger partial charge in [-0.15, -0.1) is 0 Å². The minimum atomic E-state index is -0.116. The summed E-state index contributed by atoms with van der Waals surface area (Å²) in [5.41, 5.74) is -0.116. The maximum Gasteiger partial charge on any atom is 0.0623 e. The van der Waals surface area contributed by atoms with Crippen molar-refractivity contribution >= 4 is 0 Å². The number of rotatable bonds is 7. The van der Waals surface area contributed by atoms with Crippen molar-refractivity contribution in [1.29, 1.82) is 0 Å². The van der Waals surface area contributed by atoms with Crippen LogP contribution in [0.2, 0.25) is 0 Å². The first-order valence-electron chi connectivity index (χ1n) is 7.76. The number of hydrogen-bond donors (Lipinski definition) is 2. The standard InChI is InChI=1S/C15H31N3O/c1-15(12-19,16-14-4-5-14)11-18-8-6-13(7-9-18)10-17(2)3/h13-14,16,19H,4-12H2,1-3H3. The van der Waals surface area contributed by atoms with Crippen LogP contribution in [-0.4, -0.2) is 73.4 Å². The molecular formula is C15H31N3O. The molecule has 1 aliphatic heterocycles. The van der Waals surface area contributed by atoms with Crippen LogP contribution < -0.4 is 5.32 Å². The molecule has 0 radical (unpaired) electrons. The topological polar surface area (TPSA) is 38.7 Å².